The Kier molecular flexibility index (Phi) is 5.07. The molecule has 0 fully saturated rings. The third-order valence-corrected chi connectivity index (χ3v) is 4.29. The van der Waals surface area contributed by atoms with Crippen LogP contribution in [-0.2, 0) is 16.0 Å². The minimum atomic E-state index is -0.168. The molecule has 1 aliphatic rings. The second-order valence-corrected chi connectivity index (χ2v) is 6.42. The Labute approximate surface area is 147 Å². The van der Waals surface area contributed by atoms with E-state index in [4.69, 9.17) is 0 Å². The van der Waals surface area contributed by atoms with Crippen molar-refractivity contribution in [1.82, 2.24) is 9.97 Å². The van der Waals surface area contributed by atoms with Gasteiger partial charge in [0.2, 0.25) is 11.8 Å². The van der Waals surface area contributed by atoms with Crippen molar-refractivity contribution in [1.29, 1.82) is 0 Å². The Morgan fingerprint density at radius 3 is 2.76 bits per heavy atom. The summed E-state index contributed by atoms with van der Waals surface area (Å²) < 4.78 is 0. The van der Waals surface area contributed by atoms with Crippen molar-refractivity contribution in [3.63, 3.8) is 0 Å². The highest BCUT2D eigenvalue weighted by atomic mass is 16.2. The second kappa shape index (κ2) is 7.42. The number of aromatic nitrogens is 2. The molecule has 1 N–H and O–H groups in total. The van der Waals surface area contributed by atoms with Gasteiger partial charge < -0.3 is 10.2 Å². The Bertz CT molecular complexity index is 788. The maximum atomic E-state index is 12.3. The van der Waals surface area contributed by atoms with Gasteiger partial charge in [0.05, 0.1) is 5.69 Å². The number of carbonyl (C=O) groups is 2. The molecule has 0 unspecified atom stereocenters. The smallest absolute Gasteiger partial charge is 0.227 e. The standard InChI is InChI=1S/C19H22N4O2/c1-13(2)18-19(21-11-10-20-18)22-16(24)9-12-23-15-6-4-3-5-14(15)7-8-17(23)25/h3-6,10-11,13H,7-9,12H2,1-2H3,(H,21,22,24). The predicted molar refractivity (Wildman–Crippen MR) is 96.5 cm³/mol. The van der Waals surface area contributed by atoms with Crippen molar-refractivity contribution < 1.29 is 9.59 Å². The van der Waals surface area contributed by atoms with E-state index < -0.39 is 0 Å². The molecular formula is C19H22N4O2. The predicted octanol–water partition coefficient (Wildman–Crippen LogP) is 2.91. The third-order valence-electron chi connectivity index (χ3n) is 4.29. The molecule has 1 aromatic carbocycles. The van der Waals surface area contributed by atoms with Crippen LogP contribution in [0, 0.1) is 0 Å². The zero-order chi connectivity index (χ0) is 17.8. The average molecular weight is 338 g/mol. The lowest BCUT2D eigenvalue weighted by Crippen LogP contribution is -2.37. The minimum absolute atomic E-state index is 0.0638. The zero-order valence-electron chi connectivity index (χ0n) is 14.5. The van der Waals surface area contributed by atoms with Gasteiger partial charge in [-0.2, -0.15) is 0 Å². The molecule has 0 bridgehead atoms. The maximum Gasteiger partial charge on any atom is 0.227 e. The fraction of sp³-hybridized carbons (Fsp3) is 0.368. The van der Waals surface area contributed by atoms with E-state index in [0.717, 1.165) is 23.4 Å². The highest BCUT2D eigenvalue weighted by Gasteiger charge is 2.24. The highest BCUT2D eigenvalue weighted by molar-refractivity contribution is 5.98. The van der Waals surface area contributed by atoms with Crippen molar-refractivity contribution in [2.24, 2.45) is 0 Å². The number of rotatable bonds is 5. The number of para-hydroxylation sites is 1. The van der Waals surface area contributed by atoms with Gasteiger partial charge in [0.25, 0.3) is 0 Å². The van der Waals surface area contributed by atoms with E-state index in [9.17, 15) is 9.59 Å². The van der Waals surface area contributed by atoms with Crippen molar-refractivity contribution in [3.8, 4) is 0 Å². The van der Waals surface area contributed by atoms with Gasteiger partial charge in [-0.3, -0.25) is 14.6 Å². The van der Waals surface area contributed by atoms with Gasteiger partial charge in [-0.1, -0.05) is 32.0 Å². The summed E-state index contributed by atoms with van der Waals surface area (Å²) in [7, 11) is 0. The van der Waals surface area contributed by atoms with E-state index >= 15 is 0 Å². The van der Waals surface area contributed by atoms with Crippen molar-refractivity contribution in [2.45, 2.75) is 39.0 Å². The summed E-state index contributed by atoms with van der Waals surface area (Å²) in [6.07, 6.45) is 4.64. The molecule has 2 heterocycles. The van der Waals surface area contributed by atoms with Gasteiger partial charge in [0.1, 0.15) is 0 Å². The lowest BCUT2D eigenvalue weighted by atomic mass is 10.0. The number of anilines is 2. The van der Waals surface area contributed by atoms with E-state index in [1.807, 2.05) is 38.1 Å². The van der Waals surface area contributed by atoms with Gasteiger partial charge >= 0.3 is 0 Å². The number of benzene rings is 1. The molecule has 2 amide bonds. The Morgan fingerprint density at radius 2 is 1.96 bits per heavy atom. The Balaban J connectivity index is 1.66. The van der Waals surface area contributed by atoms with Crippen LogP contribution in [-0.4, -0.2) is 28.3 Å². The molecule has 6 nitrogen and oxygen atoms in total. The third kappa shape index (κ3) is 3.84. The lowest BCUT2D eigenvalue weighted by Gasteiger charge is -2.29. The van der Waals surface area contributed by atoms with Crippen molar-refractivity contribution >= 4 is 23.3 Å². The fourth-order valence-electron chi connectivity index (χ4n) is 3.02. The molecule has 0 spiro atoms. The first-order valence-electron chi connectivity index (χ1n) is 8.55. The van der Waals surface area contributed by atoms with Crippen LogP contribution in [0.2, 0.25) is 0 Å². The van der Waals surface area contributed by atoms with Crippen LogP contribution in [0.5, 0.6) is 0 Å². The summed E-state index contributed by atoms with van der Waals surface area (Å²) >= 11 is 0. The molecule has 1 aliphatic heterocycles. The molecule has 0 radical (unpaired) electrons. The number of nitrogens with one attached hydrogen (secondary N) is 1. The SMILES string of the molecule is CC(C)c1nccnc1NC(=O)CCN1C(=O)CCc2ccccc21. The van der Waals surface area contributed by atoms with Crippen LogP contribution in [0.3, 0.4) is 0 Å². The van der Waals surface area contributed by atoms with Gasteiger partial charge in [-0.25, -0.2) is 4.98 Å². The largest absolute Gasteiger partial charge is 0.312 e. The van der Waals surface area contributed by atoms with Gasteiger partial charge in [0, 0.05) is 37.5 Å². The first kappa shape index (κ1) is 17.1. The first-order chi connectivity index (χ1) is 12.1. The van der Waals surface area contributed by atoms with Crippen molar-refractivity contribution in [2.75, 3.05) is 16.8 Å². The number of nitrogens with zero attached hydrogens (tertiary/aromatic N) is 3. The van der Waals surface area contributed by atoms with Gasteiger partial charge in [-0.05, 0) is 24.0 Å². The number of hydrogen-bond acceptors (Lipinski definition) is 4. The van der Waals surface area contributed by atoms with Crippen molar-refractivity contribution in [3.05, 3.63) is 47.9 Å². The van der Waals surface area contributed by atoms with Gasteiger partial charge in [-0.15, -0.1) is 0 Å². The van der Waals surface area contributed by atoms with Crippen LogP contribution in [0.25, 0.3) is 0 Å². The summed E-state index contributed by atoms with van der Waals surface area (Å²) in [4.78, 5) is 34.8. The monoisotopic (exact) mass is 338 g/mol. The molecule has 130 valence electrons. The molecule has 0 saturated carbocycles. The van der Waals surface area contributed by atoms with Crippen LogP contribution in [0.1, 0.15) is 43.9 Å². The summed E-state index contributed by atoms with van der Waals surface area (Å²) in [5.41, 5.74) is 2.82. The lowest BCUT2D eigenvalue weighted by molar-refractivity contribution is -0.119. The van der Waals surface area contributed by atoms with E-state index in [2.05, 4.69) is 15.3 Å². The quantitative estimate of drug-likeness (QED) is 0.909. The molecule has 0 saturated heterocycles. The Hall–Kier alpha value is -2.76. The molecule has 3 rings (SSSR count). The van der Waals surface area contributed by atoms with Crippen LogP contribution in [0.15, 0.2) is 36.7 Å². The van der Waals surface area contributed by atoms with Crippen LogP contribution in [0.4, 0.5) is 11.5 Å². The maximum absolute atomic E-state index is 12.3. The molecule has 1 aromatic heterocycles. The first-order valence-corrected chi connectivity index (χ1v) is 8.55. The number of amides is 2. The zero-order valence-corrected chi connectivity index (χ0v) is 14.5. The average Bonchev–Trinajstić information content (AvgIpc) is 2.61. The molecule has 2 aromatic rings. The molecule has 6 heteroatoms. The molecule has 0 atom stereocenters. The van der Waals surface area contributed by atoms with E-state index in [-0.39, 0.29) is 24.2 Å². The van der Waals surface area contributed by atoms with Gasteiger partial charge in [0.15, 0.2) is 5.82 Å². The number of fused-ring (bicyclic) bond motifs is 1. The summed E-state index contributed by atoms with van der Waals surface area (Å²) in [6, 6.07) is 7.85. The summed E-state index contributed by atoms with van der Waals surface area (Å²) in [5, 5.41) is 2.82. The van der Waals surface area contributed by atoms with Crippen LogP contribution >= 0.6 is 0 Å². The molecule has 25 heavy (non-hydrogen) atoms. The molecular weight excluding hydrogens is 316 g/mol. The Morgan fingerprint density at radius 1 is 1.20 bits per heavy atom. The topological polar surface area (TPSA) is 75.2 Å². The number of aryl methyl sites for hydroxylation is 1. The molecule has 0 aliphatic carbocycles. The summed E-state index contributed by atoms with van der Waals surface area (Å²) in [5.74, 6) is 0.555. The van der Waals surface area contributed by atoms with E-state index in [1.54, 1.807) is 17.3 Å². The number of carbonyl (C=O) groups excluding carboxylic acids is 2. The highest BCUT2D eigenvalue weighted by Crippen LogP contribution is 2.27. The van der Waals surface area contributed by atoms with E-state index in [1.165, 1.54) is 0 Å². The number of hydrogen-bond donors (Lipinski definition) is 1. The van der Waals surface area contributed by atoms with Crippen LogP contribution < -0.4 is 10.2 Å². The normalized spacial score (nSPS) is 13.7. The second-order valence-electron chi connectivity index (χ2n) is 6.42. The fourth-order valence-corrected chi connectivity index (χ4v) is 3.02. The minimum Gasteiger partial charge on any atom is -0.312 e. The summed E-state index contributed by atoms with van der Waals surface area (Å²) in [6.45, 7) is 4.37. The van der Waals surface area contributed by atoms with E-state index in [0.29, 0.717) is 18.8 Å².